The highest BCUT2D eigenvalue weighted by Crippen LogP contribution is 2.37. The van der Waals surface area contributed by atoms with Crippen molar-refractivity contribution in [2.45, 2.75) is 26.2 Å². The van der Waals surface area contributed by atoms with Crippen LogP contribution in [0.3, 0.4) is 0 Å². The molecule has 0 unspecified atom stereocenters. The van der Waals surface area contributed by atoms with Crippen LogP contribution in [0.1, 0.15) is 26.3 Å². The number of hydrogen-bond acceptors (Lipinski definition) is 0. The molecule has 1 aromatic heterocycles. The second-order valence-electron chi connectivity index (χ2n) is 8.75. The normalized spacial score (nSPS) is 12.0. The number of para-hydroxylation sites is 1. The third kappa shape index (κ3) is 3.03. The summed E-state index contributed by atoms with van der Waals surface area (Å²) >= 11 is 0. The Balaban J connectivity index is 1.86. The summed E-state index contributed by atoms with van der Waals surface area (Å²) in [6, 6.07) is 35.1. The Labute approximate surface area is 172 Å². The van der Waals surface area contributed by atoms with Gasteiger partial charge in [0, 0.05) is 16.5 Å². The standard InChI is InChI=1S/C28H25N/c1-28(2,3)22-15-17-26-25(19-22)24-16-14-21(20-10-6-4-7-11-20)18-27(24)29(26)23-12-8-5-9-13-23/h4-19H,1-3H3. The molecule has 0 aliphatic rings. The molecule has 0 aliphatic heterocycles. The highest BCUT2D eigenvalue weighted by Gasteiger charge is 2.18. The van der Waals surface area contributed by atoms with Crippen molar-refractivity contribution in [2.75, 3.05) is 0 Å². The maximum absolute atomic E-state index is 2.39. The van der Waals surface area contributed by atoms with E-state index in [1.807, 2.05) is 0 Å². The number of benzene rings is 4. The molecule has 0 saturated heterocycles. The molecule has 1 heterocycles. The molecule has 0 spiro atoms. The largest absolute Gasteiger partial charge is 0.309 e. The Hall–Kier alpha value is -3.32. The van der Waals surface area contributed by atoms with Crippen molar-refractivity contribution in [1.82, 2.24) is 4.57 Å². The molecule has 5 rings (SSSR count). The molecule has 1 nitrogen and oxygen atoms in total. The second kappa shape index (κ2) is 6.63. The van der Waals surface area contributed by atoms with Gasteiger partial charge in [-0.3, -0.25) is 0 Å². The van der Waals surface area contributed by atoms with Crippen LogP contribution in [0.5, 0.6) is 0 Å². The molecular weight excluding hydrogens is 350 g/mol. The summed E-state index contributed by atoms with van der Waals surface area (Å²) in [6.45, 7) is 6.83. The lowest BCUT2D eigenvalue weighted by molar-refractivity contribution is 0.591. The maximum Gasteiger partial charge on any atom is 0.0547 e. The van der Waals surface area contributed by atoms with Gasteiger partial charge in [0.25, 0.3) is 0 Å². The van der Waals surface area contributed by atoms with Gasteiger partial charge >= 0.3 is 0 Å². The predicted octanol–water partition coefficient (Wildman–Crippen LogP) is 7.75. The Bertz CT molecular complexity index is 1300. The fraction of sp³-hybridized carbons (Fsp3) is 0.143. The third-order valence-electron chi connectivity index (χ3n) is 5.75. The molecule has 1 heteroatoms. The van der Waals surface area contributed by atoms with Crippen LogP contribution in [0.15, 0.2) is 97.1 Å². The van der Waals surface area contributed by atoms with Crippen LogP contribution < -0.4 is 0 Å². The van der Waals surface area contributed by atoms with Crippen LogP contribution in [0.4, 0.5) is 0 Å². The minimum absolute atomic E-state index is 0.124. The Kier molecular flexibility index (Phi) is 4.06. The fourth-order valence-electron chi connectivity index (χ4n) is 4.15. The van der Waals surface area contributed by atoms with Crippen LogP contribution in [-0.2, 0) is 5.41 Å². The van der Waals surface area contributed by atoms with Crippen molar-refractivity contribution in [2.24, 2.45) is 0 Å². The van der Waals surface area contributed by atoms with Gasteiger partial charge < -0.3 is 4.57 Å². The molecule has 0 bridgehead atoms. The molecule has 0 N–H and O–H groups in total. The molecule has 0 fully saturated rings. The van der Waals surface area contributed by atoms with E-state index in [9.17, 15) is 0 Å². The lowest BCUT2D eigenvalue weighted by Crippen LogP contribution is -2.10. The van der Waals surface area contributed by atoms with E-state index in [4.69, 9.17) is 0 Å². The topological polar surface area (TPSA) is 4.93 Å². The zero-order valence-electron chi connectivity index (χ0n) is 17.2. The lowest BCUT2D eigenvalue weighted by Gasteiger charge is -2.19. The van der Waals surface area contributed by atoms with Crippen molar-refractivity contribution >= 4 is 21.8 Å². The van der Waals surface area contributed by atoms with Crippen molar-refractivity contribution in [1.29, 1.82) is 0 Å². The fourth-order valence-corrected chi connectivity index (χ4v) is 4.15. The molecular formula is C28H25N. The SMILES string of the molecule is CC(C)(C)c1ccc2c(c1)c1ccc(-c3ccccc3)cc1n2-c1ccccc1. The van der Waals surface area contributed by atoms with Gasteiger partial charge in [0.05, 0.1) is 11.0 Å². The minimum atomic E-state index is 0.124. The van der Waals surface area contributed by atoms with Crippen LogP contribution in [0.25, 0.3) is 38.6 Å². The van der Waals surface area contributed by atoms with Crippen molar-refractivity contribution in [3.8, 4) is 16.8 Å². The molecule has 0 aliphatic carbocycles. The van der Waals surface area contributed by atoms with Gasteiger partial charge in [-0.2, -0.15) is 0 Å². The number of aromatic nitrogens is 1. The van der Waals surface area contributed by atoms with E-state index in [0.29, 0.717) is 0 Å². The van der Waals surface area contributed by atoms with Crippen LogP contribution in [-0.4, -0.2) is 4.57 Å². The van der Waals surface area contributed by atoms with Gasteiger partial charge in [-0.1, -0.05) is 87.5 Å². The van der Waals surface area contributed by atoms with E-state index >= 15 is 0 Å². The molecule has 0 radical (unpaired) electrons. The first-order chi connectivity index (χ1) is 14.0. The Morgan fingerprint density at radius 3 is 1.93 bits per heavy atom. The van der Waals surface area contributed by atoms with E-state index in [0.717, 1.165) is 0 Å². The average Bonchev–Trinajstić information content (AvgIpc) is 3.07. The van der Waals surface area contributed by atoms with Gasteiger partial charge in [-0.25, -0.2) is 0 Å². The van der Waals surface area contributed by atoms with Gasteiger partial charge in [0.15, 0.2) is 0 Å². The monoisotopic (exact) mass is 375 g/mol. The summed E-state index contributed by atoms with van der Waals surface area (Å²) in [5.41, 5.74) is 7.68. The Morgan fingerprint density at radius 2 is 1.24 bits per heavy atom. The number of nitrogens with zero attached hydrogens (tertiary/aromatic N) is 1. The molecule has 5 aromatic rings. The average molecular weight is 376 g/mol. The summed E-state index contributed by atoms with van der Waals surface area (Å²) in [4.78, 5) is 0. The quantitative estimate of drug-likeness (QED) is 0.297. The summed E-state index contributed by atoms with van der Waals surface area (Å²) in [7, 11) is 0. The van der Waals surface area contributed by atoms with E-state index in [2.05, 4.69) is 122 Å². The highest BCUT2D eigenvalue weighted by molar-refractivity contribution is 6.10. The van der Waals surface area contributed by atoms with E-state index < -0.39 is 0 Å². The smallest absolute Gasteiger partial charge is 0.0547 e. The number of rotatable bonds is 2. The predicted molar refractivity (Wildman–Crippen MR) is 125 cm³/mol. The lowest BCUT2D eigenvalue weighted by atomic mass is 9.86. The Morgan fingerprint density at radius 1 is 0.552 bits per heavy atom. The van der Waals surface area contributed by atoms with E-state index in [1.54, 1.807) is 0 Å². The molecule has 4 aromatic carbocycles. The third-order valence-corrected chi connectivity index (χ3v) is 5.75. The minimum Gasteiger partial charge on any atom is -0.309 e. The first-order valence-corrected chi connectivity index (χ1v) is 10.2. The molecule has 0 atom stereocenters. The number of hydrogen-bond donors (Lipinski definition) is 0. The number of fused-ring (bicyclic) bond motifs is 3. The summed E-state index contributed by atoms with van der Waals surface area (Å²) in [5.74, 6) is 0. The molecule has 0 saturated carbocycles. The first kappa shape index (κ1) is 17.8. The molecule has 29 heavy (non-hydrogen) atoms. The van der Waals surface area contributed by atoms with Gasteiger partial charge in [-0.05, 0) is 52.4 Å². The van der Waals surface area contributed by atoms with E-state index in [-0.39, 0.29) is 5.41 Å². The van der Waals surface area contributed by atoms with Crippen LogP contribution in [0.2, 0.25) is 0 Å². The summed E-state index contributed by atoms with van der Waals surface area (Å²) < 4.78 is 2.39. The maximum atomic E-state index is 2.39. The summed E-state index contributed by atoms with van der Waals surface area (Å²) in [5, 5.41) is 2.62. The van der Waals surface area contributed by atoms with Gasteiger partial charge in [-0.15, -0.1) is 0 Å². The van der Waals surface area contributed by atoms with Crippen molar-refractivity contribution in [3.05, 3.63) is 103 Å². The first-order valence-electron chi connectivity index (χ1n) is 10.2. The van der Waals surface area contributed by atoms with Crippen LogP contribution >= 0.6 is 0 Å². The zero-order chi connectivity index (χ0) is 20.0. The summed E-state index contributed by atoms with van der Waals surface area (Å²) in [6.07, 6.45) is 0. The van der Waals surface area contributed by atoms with Crippen molar-refractivity contribution in [3.63, 3.8) is 0 Å². The van der Waals surface area contributed by atoms with Gasteiger partial charge in [0.2, 0.25) is 0 Å². The zero-order valence-corrected chi connectivity index (χ0v) is 17.2. The van der Waals surface area contributed by atoms with E-state index in [1.165, 1.54) is 44.2 Å². The molecule has 0 amide bonds. The van der Waals surface area contributed by atoms with Crippen LogP contribution in [0, 0.1) is 0 Å². The van der Waals surface area contributed by atoms with Gasteiger partial charge in [0.1, 0.15) is 0 Å². The molecule has 142 valence electrons. The van der Waals surface area contributed by atoms with Crippen molar-refractivity contribution < 1.29 is 0 Å². The second-order valence-corrected chi connectivity index (χ2v) is 8.75. The highest BCUT2D eigenvalue weighted by atomic mass is 15.0.